The van der Waals surface area contributed by atoms with Gasteiger partial charge in [-0.05, 0) is 23.9 Å². The minimum Gasteiger partial charge on any atom is -0.507 e. The third-order valence-corrected chi connectivity index (χ3v) is 3.58. The molecule has 120 valence electrons. The molecule has 1 aromatic rings. The van der Waals surface area contributed by atoms with Gasteiger partial charge in [0.1, 0.15) is 11.5 Å². The van der Waals surface area contributed by atoms with Crippen LogP contribution in [0.2, 0.25) is 0 Å². The largest absolute Gasteiger partial charge is 0.507 e. The summed E-state index contributed by atoms with van der Waals surface area (Å²) in [5.74, 6) is -0.581. The third-order valence-electron chi connectivity index (χ3n) is 2.68. The summed E-state index contributed by atoms with van der Waals surface area (Å²) in [5.41, 5.74) is 0.440. The summed E-state index contributed by atoms with van der Waals surface area (Å²) in [4.78, 5) is 22.9. The Morgan fingerprint density at radius 2 is 2.17 bits per heavy atom. The highest BCUT2D eigenvalue weighted by Gasteiger charge is 2.24. The van der Waals surface area contributed by atoms with Gasteiger partial charge in [0, 0.05) is 17.7 Å². The van der Waals surface area contributed by atoms with Crippen molar-refractivity contribution < 1.29 is 24.2 Å². The Labute approximate surface area is 135 Å². The fourth-order valence-corrected chi connectivity index (χ4v) is 2.28. The first kappa shape index (κ1) is 16.6. The van der Waals surface area contributed by atoms with Crippen LogP contribution in [-0.4, -0.2) is 42.6 Å². The monoisotopic (exact) mass is 335 g/mol. The van der Waals surface area contributed by atoms with Gasteiger partial charge in [-0.15, -0.1) is 5.10 Å². The smallest absolute Gasteiger partial charge is 0.331 e. The molecule has 0 aromatic heterocycles. The van der Waals surface area contributed by atoms with Crippen molar-refractivity contribution in [2.75, 3.05) is 14.2 Å². The molecule has 9 heteroatoms. The van der Waals surface area contributed by atoms with Crippen molar-refractivity contribution in [3.05, 3.63) is 34.7 Å². The second kappa shape index (κ2) is 7.45. The van der Waals surface area contributed by atoms with Gasteiger partial charge in [0.05, 0.1) is 25.3 Å². The minimum atomic E-state index is -0.629. The number of nitrogens with zero attached hydrogens (tertiary/aromatic N) is 2. The number of esters is 1. The summed E-state index contributed by atoms with van der Waals surface area (Å²) < 4.78 is 9.42. The van der Waals surface area contributed by atoms with E-state index in [0.717, 1.165) is 17.8 Å². The van der Waals surface area contributed by atoms with Crippen LogP contribution in [0.1, 0.15) is 5.56 Å². The Morgan fingerprint density at radius 1 is 1.39 bits per heavy atom. The maximum Gasteiger partial charge on any atom is 0.331 e. The molecule has 2 rings (SSSR count). The highest BCUT2D eigenvalue weighted by Crippen LogP contribution is 2.24. The van der Waals surface area contributed by atoms with Crippen LogP contribution in [0.4, 0.5) is 0 Å². The van der Waals surface area contributed by atoms with E-state index in [-0.39, 0.29) is 15.8 Å². The third kappa shape index (κ3) is 4.33. The number of carbonyl (C=O) groups excluding carboxylic acids is 2. The molecule has 23 heavy (non-hydrogen) atoms. The number of rotatable bonds is 4. The molecule has 8 nitrogen and oxygen atoms in total. The Balaban J connectivity index is 2.08. The highest BCUT2D eigenvalue weighted by atomic mass is 32.2. The zero-order chi connectivity index (χ0) is 16.8. The fraction of sp³-hybridized carbons (Fsp3) is 0.143. The van der Waals surface area contributed by atoms with Crippen molar-refractivity contribution in [3.63, 3.8) is 0 Å². The number of amides is 1. The van der Waals surface area contributed by atoms with Gasteiger partial charge in [-0.1, -0.05) is 0 Å². The van der Waals surface area contributed by atoms with Gasteiger partial charge in [-0.3, -0.25) is 10.1 Å². The van der Waals surface area contributed by atoms with Crippen LogP contribution < -0.4 is 10.1 Å². The molecule has 1 aromatic carbocycles. The number of amidine groups is 1. The molecule has 0 radical (unpaired) electrons. The lowest BCUT2D eigenvalue weighted by Crippen LogP contribution is -2.19. The maximum atomic E-state index is 11.6. The molecule has 0 bridgehead atoms. The van der Waals surface area contributed by atoms with E-state index in [0.29, 0.717) is 11.3 Å². The molecule has 2 N–H and O–H groups in total. The Hall–Kier alpha value is -2.81. The Kier molecular flexibility index (Phi) is 5.36. The molecule has 0 saturated carbocycles. The zero-order valence-corrected chi connectivity index (χ0v) is 13.1. The number of hydrogen-bond donors (Lipinski definition) is 2. The summed E-state index contributed by atoms with van der Waals surface area (Å²) in [7, 11) is 2.71. The number of phenolic OH excluding ortho intramolecular Hbond substituents is 1. The van der Waals surface area contributed by atoms with Crippen molar-refractivity contribution in [1.82, 2.24) is 5.32 Å². The molecular formula is C14H13N3O5S. The summed E-state index contributed by atoms with van der Waals surface area (Å²) in [6, 6.07) is 4.72. The van der Waals surface area contributed by atoms with E-state index < -0.39 is 11.9 Å². The van der Waals surface area contributed by atoms with Crippen molar-refractivity contribution in [2.24, 2.45) is 10.2 Å². The Bertz CT molecular complexity index is 727. The molecule has 0 aliphatic carbocycles. The van der Waals surface area contributed by atoms with Crippen molar-refractivity contribution >= 4 is 35.0 Å². The summed E-state index contributed by atoms with van der Waals surface area (Å²) >= 11 is 0.961. The van der Waals surface area contributed by atoms with Gasteiger partial charge >= 0.3 is 5.97 Å². The molecule has 1 heterocycles. The van der Waals surface area contributed by atoms with Gasteiger partial charge in [0.15, 0.2) is 5.17 Å². The molecule has 1 saturated heterocycles. The van der Waals surface area contributed by atoms with Crippen LogP contribution in [0.15, 0.2) is 39.4 Å². The van der Waals surface area contributed by atoms with Crippen LogP contribution >= 0.6 is 11.8 Å². The second-order valence-electron chi connectivity index (χ2n) is 4.16. The SMILES string of the molecule is COC(=O)/C=C1/S/C(=N\N=Cc2ccc(OC)cc2O)NC1=O. The number of ether oxygens (including phenoxy) is 2. The molecule has 0 spiro atoms. The Morgan fingerprint density at radius 3 is 2.83 bits per heavy atom. The number of thioether (sulfide) groups is 1. The lowest BCUT2D eigenvalue weighted by atomic mass is 10.2. The van der Waals surface area contributed by atoms with Crippen LogP contribution in [-0.2, 0) is 14.3 Å². The van der Waals surface area contributed by atoms with Gasteiger partial charge in [0.25, 0.3) is 5.91 Å². The van der Waals surface area contributed by atoms with E-state index in [1.54, 1.807) is 12.1 Å². The molecule has 0 atom stereocenters. The molecule has 1 amide bonds. The number of benzene rings is 1. The average molecular weight is 335 g/mol. The second-order valence-corrected chi connectivity index (χ2v) is 5.19. The van der Waals surface area contributed by atoms with Gasteiger partial charge in [0.2, 0.25) is 0 Å². The molecule has 0 unspecified atom stereocenters. The van der Waals surface area contributed by atoms with Crippen LogP contribution in [0, 0.1) is 0 Å². The molecule has 1 aliphatic heterocycles. The van der Waals surface area contributed by atoms with E-state index in [1.807, 2.05) is 0 Å². The molecule has 1 aliphatic rings. The van der Waals surface area contributed by atoms with E-state index in [1.165, 1.54) is 26.5 Å². The lowest BCUT2D eigenvalue weighted by molar-refractivity contribution is -0.135. The highest BCUT2D eigenvalue weighted by molar-refractivity contribution is 8.18. The summed E-state index contributed by atoms with van der Waals surface area (Å²) in [6.07, 6.45) is 2.40. The van der Waals surface area contributed by atoms with Gasteiger partial charge < -0.3 is 14.6 Å². The average Bonchev–Trinajstić information content (AvgIpc) is 2.88. The topological polar surface area (TPSA) is 110 Å². The van der Waals surface area contributed by atoms with Gasteiger partial charge in [-0.25, -0.2) is 4.79 Å². The normalized spacial score (nSPS) is 17.7. The lowest BCUT2D eigenvalue weighted by Gasteiger charge is -2.01. The minimum absolute atomic E-state index is 0.0114. The number of methoxy groups -OCH3 is 2. The standard InChI is InChI=1S/C14H13N3O5S/c1-21-9-4-3-8(10(18)5-9)7-15-17-14-16-13(20)11(23-14)6-12(19)22-2/h3-7,18H,1-2H3,(H,16,17,20)/b11-6+,15-7?. The van der Waals surface area contributed by atoms with Crippen molar-refractivity contribution in [3.8, 4) is 11.5 Å². The predicted octanol–water partition coefficient (Wildman–Crippen LogP) is 1.01. The predicted molar refractivity (Wildman–Crippen MR) is 85.5 cm³/mol. The van der Waals surface area contributed by atoms with Crippen molar-refractivity contribution in [2.45, 2.75) is 0 Å². The number of carbonyl (C=O) groups is 2. The summed E-state index contributed by atoms with van der Waals surface area (Å²) in [6.45, 7) is 0. The number of phenols is 1. The molecule has 1 fully saturated rings. The number of aromatic hydroxyl groups is 1. The quantitative estimate of drug-likeness (QED) is 0.368. The van der Waals surface area contributed by atoms with E-state index >= 15 is 0 Å². The van der Waals surface area contributed by atoms with E-state index in [9.17, 15) is 14.7 Å². The molecular weight excluding hydrogens is 322 g/mol. The van der Waals surface area contributed by atoms with Crippen LogP contribution in [0.3, 0.4) is 0 Å². The summed E-state index contributed by atoms with van der Waals surface area (Å²) in [5, 5.41) is 20.1. The maximum absolute atomic E-state index is 11.6. The van der Waals surface area contributed by atoms with Gasteiger partial charge in [-0.2, -0.15) is 5.10 Å². The van der Waals surface area contributed by atoms with Crippen LogP contribution in [0.25, 0.3) is 0 Å². The first-order valence-electron chi connectivity index (χ1n) is 6.30. The van der Waals surface area contributed by atoms with E-state index in [4.69, 9.17) is 4.74 Å². The number of hydrogen-bond acceptors (Lipinski definition) is 8. The first-order valence-corrected chi connectivity index (χ1v) is 7.12. The first-order chi connectivity index (χ1) is 11.0. The zero-order valence-electron chi connectivity index (χ0n) is 12.3. The number of nitrogens with one attached hydrogen (secondary N) is 1. The fourth-order valence-electron chi connectivity index (χ4n) is 1.54. The van der Waals surface area contributed by atoms with Crippen molar-refractivity contribution in [1.29, 1.82) is 0 Å². The van der Waals surface area contributed by atoms with E-state index in [2.05, 4.69) is 20.3 Å². The van der Waals surface area contributed by atoms with Crippen LogP contribution in [0.5, 0.6) is 11.5 Å².